The standard InChI is InChI=1S/C10H20FNO/c1-4-10(11)7-12(8-10)5-6-13-9(2)3/h9H,4-8H2,1-3H3. The second kappa shape index (κ2) is 4.38. The first-order valence-corrected chi connectivity index (χ1v) is 5.08. The molecule has 1 saturated heterocycles. The molecule has 1 aliphatic rings. The van der Waals surface area contributed by atoms with E-state index in [4.69, 9.17) is 4.74 Å². The van der Waals surface area contributed by atoms with E-state index in [-0.39, 0.29) is 6.10 Å². The van der Waals surface area contributed by atoms with Gasteiger partial charge in [-0.1, -0.05) is 6.92 Å². The lowest BCUT2D eigenvalue weighted by Crippen LogP contribution is -2.59. The minimum absolute atomic E-state index is 0.280. The molecular formula is C10H20FNO. The lowest BCUT2D eigenvalue weighted by Gasteiger charge is -2.44. The van der Waals surface area contributed by atoms with Crippen molar-refractivity contribution in [3.8, 4) is 0 Å². The normalized spacial score (nSPS) is 21.9. The van der Waals surface area contributed by atoms with Crippen LogP contribution in [-0.2, 0) is 4.74 Å². The van der Waals surface area contributed by atoms with E-state index in [1.165, 1.54) is 0 Å². The molecule has 0 amide bonds. The maximum absolute atomic E-state index is 13.4. The largest absolute Gasteiger partial charge is 0.377 e. The first-order chi connectivity index (χ1) is 6.06. The molecule has 0 bridgehead atoms. The van der Waals surface area contributed by atoms with E-state index in [0.29, 0.717) is 19.5 Å². The van der Waals surface area contributed by atoms with E-state index in [1.54, 1.807) is 0 Å². The summed E-state index contributed by atoms with van der Waals surface area (Å²) in [7, 11) is 0. The highest BCUT2D eigenvalue weighted by Crippen LogP contribution is 2.27. The minimum Gasteiger partial charge on any atom is -0.377 e. The summed E-state index contributed by atoms with van der Waals surface area (Å²) in [6.07, 6.45) is 0.914. The average molecular weight is 189 g/mol. The van der Waals surface area contributed by atoms with Crippen LogP contribution in [-0.4, -0.2) is 42.9 Å². The van der Waals surface area contributed by atoms with Gasteiger partial charge in [0.05, 0.1) is 12.7 Å². The van der Waals surface area contributed by atoms with Crippen LogP contribution in [0.5, 0.6) is 0 Å². The molecular weight excluding hydrogens is 169 g/mol. The van der Waals surface area contributed by atoms with Crippen LogP contribution in [0.25, 0.3) is 0 Å². The zero-order valence-corrected chi connectivity index (χ0v) is 8.85. The van der Waals surface area contributed by atoms with Gasteiger partial charge >= 0.3 is 0 Å². The third-order valence-corrected chi connectivity index (χ3v) is 2.51. The summed E-state index contributed by atoms with van der Waals surface area (Å²) in [5, 5.41) is 0. The monoisotopic (exact) mass is 189 g/mol. The summed E-state index contributed by atoms with van der Waals surface area (Å²) in [5.41, 5.74) is -0.905. The molecule has 0 unspecified atom stereocenters. The predicted octanol–water partition coefficient (Wildman–Crippen LogP) is 1.85. The van der Waals surface area contributed by atoms with E-state index in [2.05, 4.69) is 4.90 Å². The van der Waals surface area contributed by atoms with Crippen molar-refractivity contribution in [3.05, 3.63) is 0 Å². The van der Waals surface area contributed by atoms with Crippen LogP contribution in [0, 0.1) is 0 Å². The molecule has 3 heteroatoms. The quantitative estimate of drug-likeness (QED) is 0.654. The molecule has 1 rings (SSSR count). The van der Waals surface area contributed by atoms with Gasteiger partial charge in [-0.25, -0.2) is 4.39 Å². The Bertz CT molecular complexity index is 155. The highest BCUT2D eigenvalue weighted by molar-refractivity contribution is 4.94. The van der Waals surface area contributed by atoms with Crippen LogP contribution in [0.15, 0.2) is 0 Å². The third kappa shape index (κ3) is 3.24. The summed E-state index contributed by atoms with van der Waals surface area (Å²) >= 11 is 0. The number of ether oxygens (including phenoxy) is 1. The number of alkyl halides is 1. The van der Waals surface area contributed by atoms with E-state index in [9.17, 15) is 4.39 Å². The Morgan fingerprint density at radius 1 is 1.46 bits per heavy atom. The smallest absolute Gasteiger partial charge is 0.136 e. The maximum Gasteiger partial charge on any atom is 0.136 e. The van der Waals surface area contributed by atoms with Crippen molar-refractivity contribution in [1.82, 2.24) is 4.90 Å². The van der Waals surface area contributed by atoms with Crippen LogP contribution in [0.1, 0.15) is 27.2 Å². The Morgan fingerprint density at radius 3 is 2.54 bits per heavy atom. The van der Waals surface area contributed by atoms with Gasteiger partial charge in [0.25, 0.3) is 0 Å². The van der Waals surface area contributed by atoms with Crippen LogP contribution < -0.4 is 0 Å². The molecule has 0 aliphatic carbocycles. The van der Waals surface area contributed by atoms with Crippen LogP contribution in [0.4, 0.5) is 4.39 Å². The SMILES string of the molecule is CCC1(F)CN(CCOC(C)C)C1. The van der Waals surface area contributed by atoms with Crippen molar-refractivity contribution in [2.45, 2.75) is 39.0 Å². The number of hydrogen-bond acceptors (Lipinski definition) is 2. The summed E-state index contributed by atoms with van der Waals surface area (Å²) in [6.45, 7) is 8.70. The lowest BCUT2D eigenvalue weighted by atomic mass is 9.94. The number of hydrogen-bond donors (Lipinski definition) is 0. The lowest BCUT2D eigenvalue weighted by molar-refractivity contribution is -0.0515. The van der Waals surface area contributed by atoms with Crippen LogP contribution in [0.3, 0.4) is 0 Å². The highest BCUT2D eigenvalue weighted by Gasteiger charge is 2.41. The molecule has 0 aromatic carbocycles. The molecule has 0 atom stereocenters. The average Bonchev–Trinajstić information content (AvgIpc) is 2.00. The molecule has 2 nitrogen and oxygen atoms in total. The van der Waals surface area contributed by atoms with Crippen molar-refractivity contribution in [2.24, 2.45) is 0 Å². The Hall–Kier alpha value is -0.150. The van der Waals surface area contributed by atoms with E-state index >= 15 is 0 Å². The molecule has 0 radical (unpaired) electrons. The maximum atomic E-state index is 13.4. The number of nitrogens with zero attached hydrogens (tertiary/aromatic N) is 1. The van der Waals surface area contributed by atoms with Crippen LogP contribution in [0.2, 0.25) is 0 Å². The third-order valence-electron chi connectivity index (χ3n) is 2.51. The Morgan fingerprint density at radius 2 is 2.08 bits per heavy atom. The van der Waals surface area contributed by atoms with Gasteiger partial charge < -0.3 is 4.74 Å². The van der Waals surface area contributed by atoms with Gasteiger partial charge in [-0.05, 0) is 20.3 Å². The van der Waals surface area contributed by atoms with E-state index in [0.717, 1.165) is 13.2 Å². The van der Waals surface area contributed by atoms with Gasteiger partial charge in [-0.3, -0.25) is 4.90 Å². The zero-order valence-electron chi connectivity index (χ0n) is 8.85. The minimum atomic E-state index is -0.905. The van der Waals surface area contributed by atoms with Gasteiger partial charge in [0.2, 0.25) is 0 Å². The van der Waals surface area contributed by atoms with Crippen LogP contribution >= 0.6 is 0 Å². The molecule has 1 aliphatic heterocycles. The number of rotatable bonds is 5. The van der Waals surface area contributed by atoms with E-state index in [1.807, 2.05) is 20.8 Å². The Balaban J connectivity index is 2.02. The van der Waals surface area contributed by atoms with Gasteiger partial charge in [-0.2, -0.15) is 0 Å². The second-order valence-corrected chi connectivity index (χ2v) is 4.13. The molecule has 0 aromatic heterocycles. The molecule has 0 saturated carbocycles. The van der Waals surface area contributed by atoms with Crippen molar-refractivity contribution in [1.29, 1.82) is 0 Å². The second-order valence-electron chi connectivity index (χ2n) is 4.13. The summed E-state index contributed by atoms with van der Waals surface area (Å²) in [4.78, 5) is 2.10. The van der Waals surface area contributed by atoms with E-state index < -0.39 is 5.67 Å². The first-order valence-electron chi connectivity index (χ1n) is 5.08. The summed E-state index contributed by atoms with van der Waals surface area (Å²) < 4.78 is 18.8. The van der Waals surface area contributed by atoms with Gasteiger partial charge in [0, 0.05) is 19.6 Å². The molecule has 13 heavy (non-hydrogen) atoms. The summed E-state index contributed by atoms with van der Waals surface area (Å²) in [5.74, 6) is 0. The first kappa shape index (κ1) is 10.9. The fourth-order valence-electron chi connectivity index (χ4n) is 1.55. The fraction of sp³-hybridized carbons (Fsp3) is 1.00. The number of likely N-dealkylation sites (tertiary alicyclic amines) is 1. The van der Waals surface area contributed by atoms with Crippen molar-refractivity contribution < 1.29 is 9.13 Å². The van der Waals surface area contributed by atoms with Gasteiger partial charge in [0.1, 0.15) is 5.67 Å². The Kier molecular flexibility index (Phi) is 3.68. The van der Waals surface area contributed by atoms with Crippen molar-refractivity contribution in [2.75, 3.05) is 26.2 Å². The molecule has 0 N–H and O–H groups in total. The number of halogens is 1. The zero-order chi connectivity index (χ0) is 9.90. The Labute approximate surface area is 80.1 Å². The topological polar surface area (TPSA) is 12.5 Å². The van der Waals surface area contributed by atoms with Gasteiger partial charge in [0.15, 0.2) is 0 Å². The van der Waals surface area contributed by atoms with Crippen molar-refractivity contribution in [3.63, 3.8) is 0 Å². The molecule has 1 heterocycles. The van der Waals surface area contributed by atoms with Crippen molar-refractivity contribution >= 4 is 0 Å². The molecule has 0 spiro atoms. The molecule has 78 valence electrons. The summed E-state index contributed by atoms with van der Waals surface area (Å²) in [6, 6.07) is 0. The highest BCUT2D eigenvalue weighted by atomic mass is 19.1. The fourth-order valence-corrected chi connectivity index (χ4v) is 1.55. The van der Waals surface area contributed by atoms with Gasteiger partial charge in [-0.15, -0.1) is 0 Å². The molecule has 0 aromatic rings. The predicted molar refractivity (Wildman–Crippen MR) is 51.7 cm³/mol. The molecule has 1 fully saturated rings.